The van der Waals surface area contributed by atoms with E-state index in [1.165, 1.54) is 70.6 Å². The third kappa shape index (κ3) is 11.2. The summed E-state index contributed by atoms with van der Waals surface area (Å²) in [5.41, 5.74) is 0. The van der Waals surface area contributed by atoms with Crippen LogP contribution in [0.2, 0.25) is 0 Å². The number of unbranched alkanes of at least 4 members (excludes halogenated alkanes) is 2. The molecule has 0 heterocycles. The van der Waals surface area contributed by atoms with Crippen molar-refractivity contribution in [3.8, 4) is 0 Å². The van der Waals surface area contributed by atoms with Crippen LogP contribution in [0.25, 0.3) is 0 Å². The first kappa shape index (κ1) is 21.0. The van der Waals surface area contributed by atoms with Gasteiger partial charge in [0.15, 0.2) is 0 Å². The molecule has 2 unspecified atom stereocenters. The molecule has 0 fully saturated rings. The Morgan fingerprint density at radius 2 is 1.00 bits per heavy atom. The Morgan fingerprint density at radius 1 is 0.571 bits per heavy atom. The summed E-state index contributed by atoms with van der Waals surface area (Å²) < 4.78 is 0. The SMILES string of the molecule is CCCCC(CC)CC(CC(C)C)CC(CC)CCCC. The van der Waals surface area contributed by atoms with Crippen LogP contribution < -0.4 is 0 Å². The Kier molecular flexibility index (Phi) is 13.6. The van der Waals surface area contributed by atoms with Crippen LogP contribution in [0, 0.1) is 23.7 Å². The van der Waals surface area contributed by atoms with Crippen molar-refractivity contribution in [2.75, 3.05) is 0 Å². The first-order chi connectivity index (χ1) is 10.1. The van der Waals surface area contributed by atoms with Crippen molar-refractivity contribution >= 4 is 0 Å². The standard InChI is InChI=1S/C21H44/c1-7-11-13-19(9-3)16-21(15-18(5)6)17-20(10-4)14-12-8-2/h18-21H,7-17H2,1-6H3. The molecule has 2 atom stereocenters. The van der Waals surface area contributed by atoms with Gasteiger partial charge in [-0.3, -0.25) is 0 Å². The van der Waals surface area contributed by atoms with E-state index >= 15 is 0 Å². The van der Waals surface area contributed by atoms with Crippen LogP contribution in [0.3, 0.4) is 0 Å². The molecule has 0 aromatic carbocycles. The maximum atomic E-state index is 2.41. The van der Waals surface area contributed by atoms with Gasteiger partial charge in [0.2, 0.25) is 0 Å². The lowest BCUT2D eigenvalue weighted by Crippen LogP contribution is -2.15. The monoisotopic (exact) mass is 296 g/mol. The fourth-order valence-electron chi connectivity index (χ4n) is 3.86. The van der Waals surface area contributed by atoms with Gasteiger partial charge in [0.05, 0.1) is 0 Å². The predicted molar refractivity (Wildman–Crippen MR) is 98.8 cm³/mol. The van der Waals surface area contributed by atoms with Gasteiger partial charge in [0, 0.05) is 0 Å². The van der Waals surface area contributed by atoms with Gasteiger partial charge in [-0.15, -0.1) is 0 Å². The zero-order chi connectivity index (χ0) is 16.1. The zero-order valence-electron chi connectivity index (χ0n) is 16.1. The maximum Gasteiger partial charge on any atom is -0.0407 e. The normalized spacial score (nSPS) is 16.1. The molecule has 0 amide bonds. The minimum absolute atomic E-state index is 0.863. The Morgan fingerprint density at radius 3 is 1.29 bits per heavy atom. The lowest BCUT2D eigenvalue weighted by Gasteiger charge is -2.28. The van der Waals surface area contributed by atoms with E-state index < -0.39 is 0 Å². The summed E-state index contributed by atoms with van der Waals surface area (Å²) in [4.78, 5) is 0. The molecule has 128 valence electrons. The second-order valence-corrected chi connectivity index (χ2v) is 7.80. The van der Waals surface area contributed by atoms with Gasteiger partial charge in [-0.2, -0.15) is 0 Å². The van der Waals surface area contributed by atoms with E-state index in [-0.39, 0.29) is 0 Å². The summed E-state index contributed by atoms with van der Waals surface area (Å²) in [6, 6.07) is 0. The third-order valence-corrected chi connectivity index (χ3v) is 5.22. The summed E-state index contributed by atoms with van der Waals surface area (Å²) in [5, 5.41) is 0. The average Bonchev–Trinajstić information content (AvgIpc) is 2.46. The molecule has 0 bridgehead atoms. The summed E-state index contributed by atoms with van der Waals surface area (Å²) in [5.74, 6) is 3.81. The second-order valence-electron chi connectivity index (χ2n) is 7.80. The molecule has 0 aromatic heterocycles. The highest BCUT2D eigenvalue weighted by Crippen LogP contribution is 2.32. The smallest absolute Gasteiger partial charge is 0.0407 e. The third-order valence-electron chi connectivity index (χ3n) is 5.22. The van der Waals surface area contributed by atoms with E-state index in [0.29, 0.717) is 0 Å². The van der Waals surface area contributed by atoms with Gasteiger partial charge in [-0.05, 0) is 42.9 Å². The fourth-order valence-corrected chi connectivity index (χ4v) is 3.86. The second kappa shape index (κ2) is 13.6. The van der Waals surface area contributed by atoms with Gasteiger partial charge >= 0.3 is 0 Å². The summed E-state index contributed by atoms with van der Waals surface area (Å²) >= 11 is 0. The first-order valence-electron chi connectivity index (χ1n) is 10.1. The van der Waals surface area contributed by atoms with Crippen molar-refractivity contribution in [1.82, 2.24) is 0 Å². The largest absolute Gasteiger partial charge is 0.0654 e. The summed E-state index contributed by atoms with van der Waals surface area (Å²) in [6.45, 7) is 14.3. The number of rotatable bonds is 14. The summed E-state index contributed by atoms with van der Waals surface area (Å²) in [7, 11) is 0. The molecule has 0 aromatic rings. The molecule has 0 radical (unpaired) electrons. The van der Waals surface area contributed by atoms with Crippen molar-refractivity contribution in [1.29, 1.82) is 0 Å². The molecule has 0 saturated carbocycles. The van der Waals surface area contributed by atoms with Gasteiger partial charge in [-0.1, -0.05) is 92.9 Å². The highest BCUT2D eigenvalue weighted by atomic mass is 14.3. The van der Waals surface area contributed by atoms with Gasteiger partial charge < -0.3 is 0 Å². The van der Waals surface area contributed by atoms with Gasteiger partial charge in [-0.25, -0.2) is 0 Å². The number of hydrogen-bond donors (Lipinski definition) is 0. The van der Waals surface area contributed by atoms with E-state index in [1.807, 2.05) is 0 Å². The van der Waals surface area contributed by atoms with E-state index in [4.69, 9.17) is 0 Å². The lowest BCUT2D eigenvalue weighted by atomic mass is 9.78. The van der Waals surface area contributed by atoms with Crippen molar-refractivity contribution in [3.63, 3.8) is 0 Å². The molecule has 0 rings (SSSR count). The number of hydrogen-bond acceptors (Lipinski definition) is 0. The molecule has 0 nitrogen and oxygen atoms in total. The zero-order valence-corrected chi connectivity index (χ0v) is 16.1. The van der Waals surface area contributed by atoms with Gasteiger partial charge in [0.1, 0.15) is 0 Å². The first-order valence-corrected chi connectivity index (χ1v) is 10.1. The van der Waals surface area contributed by atoms with E-state index in [9.17, 15) is 0 Å². The quantitative estimate of drug-likeness (QED) is 0.306. The van der Waals surface area contributed by atoms with Crippen molar-refractivity contribution in [2.24, 2.45) is 23.7 Å². The van der Waals surface area contributed by atoms with Crippen LogP contribution in [0.5, 0.6) is 0 Å². The Labute approximate surface area is 136 Å². The van der Waals surface area contributed by atoms with Crippen LogP contribution in [0.4, 0.5) is 0 Å². The maximum absolute atomic E-state index is 2.41. The van der Waals surface area contributed by atoms with E-state index in [1.54, 1.807) is 0 Å². The molecule has 21 heavy (non-hydrogen) atoms. The van der Waals surface area contributed by atoms with Gasteiger partial charge in [0.25, 0.3) is 0 Å². The fraction of sp³-hybridized carbons (Fsp3) is 1.00. The molecule has 0 heteroatoms. The van der Waals surface area contributed by atoms with Crippen molar-refractivity contribution in [3.05, 3.63) is 0 Å². The molecular weight excluding hydrogens is 252 g/mol. The molecule has 0 aliphatic rings. The van der Waals surface area contributed by atoms with Crippen LogP contribution in [-0.4, -0.2) is 0 Å². The predicted octanol–water partition coefficient (Wildman–Crippen LogP) is 7.86. The van der Waals surface area contributed by atoms with Crippen LogP contribution in [0.15, 0.2) is 0 Å². The minimum atomic E-state index is 0.863. The molecular formula is C21H44. The van der Waals surface area contributed by atoms with Crippen molar-refractivity contribution in [2.45, 2.75) is 112 Å². The average molecular weight is 297 g/mol. The van der Waals surface area contributed by atoms with Crippen molar-refractivity contribution < 1.29 is 0 Å². The highest BCUT2D eigenvalue weighted by molar-refractivity contribution is 4.71. The molecule has 0 aliphatic heterocycles. The Bertz CT molecular complexity index is 188. The summed E-state index contributed by atoms with van der Waals surface area (Å²) in [6.07, 6.45) is 15.7. The molecule has 0 N–H and O–H groups in total. The Hall–Kier alpha value is 0. The van der Waals surface area contributed by atoms with Crippen LogP contribution in [-0.2, 0) is 0 Å². The van der Waals surface area contributed by atoms with Crippen LogP contribution >= 0.6 is 0 Å². The highest BCUT2D eigenvalue weighted by Gasteiger charge is 2.20. The minimum Gasteiger partial charge on any atom is -0.0654 e. The molecule has 0 spiro atoms. The lowest BCUT2D eigenvalue weighted by molar-refractivity contribution is 0.241. The topological polar surface area (TPSA) is 0 Å². The van der Waals surface area contributed by atoms with Crippen LogP contribution in [0.1, 0.15) is 112 Å². The van der Waals surface area contributed by atoms with E-state index in [2.05, 4.69) is 41.5 Å². The molecule has 0 aliphatic carbocycles. The Balaban J connectivity index is 4.45. The molecule has 0 saturated heterocycles. The van der Waals surface area contributed by atoms with E-state index in [0.717, 1.165) is 23.7 Å².